The Morgan fingerprint density at radius 1 is 1.06 bits per heavy atom. The Labute approximate surface area is 194 Å². The number of nitrogens with one attached hydrogen (secondary N) is 1. The second kappa shape index (κ2) is 11.8. The van der Waals surface area contributed by atoms with E-state index in [1.807, 2.05) is 4.90 Å². The smallest absolute Gasteiger partial charge is 0.236 e. The number of aromatic nitrogens is 4. The van der Waals surface area contributed by atoms with Gasteiger partial charge in [-0.3, -0.25) is 19.5 Å². The van der Waals surface area contributed by atoms with E-state index in [1.165, 1.54) is 12.8 Å². The lowest BCUT2D eigenvalue weighted by Crippen LogP contribution is -2.42. The molecular weight excluding hydrogens is 422 g/mol. The minimum atomic E-state index is -0.0333. The molecule has 1 unspecified atom stereocenters. The van der Waals surface area contributed by atoms with Crippen molar-refractivity contribution >= 4 is 11.8 Å². The van der Waals surface area contributed by atoms with Crippen LogP contribution in [0.2, 0.25) is 0 Å². The minimum Gasteiger partial charge on any atom is -0.356 e. The second-order valence-corrected chi connectivity index (χ2v) is 8.85. The summed E-state index contributed by atoms with van der Waals surface area (Å²) in [6.07, 6.45) is 12.2. The maximum absolute atomic E-state index is 13.0. The van der Waals surface area contributed by atoms with E-state index in [9.17, 15) is 9.59 Å². The van der Waals surface area contributed by atoms with Crippen LogP contribution in [0, 0.1) is 0 Å². The molecule has 0 aromatic carbocycles. The van der Waals surface area contributed by atoms with Gasteiger partial charge in [0.2, 0.25) is 23.5 Å². The zero-order valence-corrected chi connectivity index (χ0v) is 19.1. The molecule has 0 radical (unpaired) electrons. The number of likely N-dealkylation sites (tertiary alicyclic amines) is 1. The van der Waals surface area contributed by atoms with Crippen molar-refractivity contribution in [3.63, 3.8) is 0 Å². The summed E-state index contributed by atoms with van der Waals surface area (Å²) in [5.41, 5.74) is 0.558. The Morgan fingerprint density at radius 2 is 1.91 bits per heavy atom. The minimum absolute atomic E-state index is 0.00359. The first kappa shape index (κ1) is 23.3. The third-order valence-electron chi connectivity index (χ3n) is 6.40. The highest BCUT2D eigenvalue weighted by atomic mass is 16.5. The van der Waals surface area contributed by atoms with E-state index in [-0.39, 0.29) is 17.7 Å². The summed E-state index contributed by atoms with van der Waals surface area (Å²) in [5.74, 6) is 1.03. The van der Waals surface area contributed by atoms with Crippen LogP contribution in [0.4, 0.5) is 0 Å². The third-order valence-corrected chi connectivity index (χ3v) is 6.40. The third kappa shape index (κ3) is 6.80. The van der Waals surface area contributed by atoms with E-state index in [4.69, 9.17) is 4.52 Å². The number of carbonyl (C=O) groups excluding carboxylic acids is 2. The van der Waals surface area contributed by atoms with E-state index in [1.54, 1.807) is 18.6 Å². The average molecular weight is 456 g/mol. The first-order valence-electron chi connectivity index (χ1n) is 12.1. The van der Waals surface area contributed by atoms with Gasteiger partial charge in [0.1, 0.15) is 5.69 Å². The molecule has 2 aromatic rings. The van der Waals surface area contributed by atoms with E-state index < -0.39 is 0 Å². The van der Waals surface area contributed by atoms with E-state index in [0.717, 1.165) is 38.8 Å². The molecular formula is C23H33N7O3. The molecule has 2 aromatic heterocycles. The zero-order chi connectivity index (χ0) is 22.9. The van der Waals surface area contributed by atoms with Crippen LogP contribution in [-0.2, 0) is 9.59 Å². The van der Waals surface area contributed by atoms with Gasteiger partial charge in [-0.25, -0.2) is 4.98 Å². The Kier molecular flexibility index (Phi) is 8.35. The zero-order valence-electron chi connectivity index (χ0n) is 19.1. The van der Waals surface area contributed by atoms with Crippen LogP contribution in [0.25, 0.3) is 11.5 Å². The Morgan fingerprint density at radius 3 is 2.70 bits per heavy atom. The van der Waals surface area contributed by atoms with E-state index in [0.29, 0.717) is 56.4 Å². The lowest BCUT2D eigenvalue weighted by molar-refractivity contribution is -0.133. The van der Waals surface area contributed by atoms with Gasteiger partial charge in [0.25, 0.3) is 0 Å². The van der Waals surface area contributed by atoms with Gasteiger partial charge in [0.05, 0.1) is 12.7 Å². The van der Waals surface area contributed by atoms with Crippen molar-refractivity contribution in [1.82, 2.24) is 35.2 Å². The highest BCUT2D eigenvalue weighted by molar-refractivity contribution is 5.80. The molecule has 1 N–H and O–H groups in total. The molecule has 2 aliphatic rings. The van der Waals surface area contributed by atoms with Crippen LogP contribution in [0.1, 0.15) is 63.2 Å². The molecule has 10 nitrogen and oxygen atoms in total. The summed E-state index contributed by atoms with van der Waals surface area (Å²) in [7, 11) is 0. The topological polar surface area (TPSA) is 117 Å². The van der Waals surface area contributed by atoms with Crippen LogP contribution in [-0.4, -0.2) is 81.0 Å². The fourth-order valence-corrected chi connectivity index (χ4v) is 4.50. The van der Waals surface area contributed by atoms with Crippen molar-refractivity contribution in [2.45, 2.75) is 57.3 Å². The number of amides is 2. The second-order valence-electron chi connectivity index (χ2n) is 8.85. The Bertz CT molecular complexity index is 896. The molecule has 10 heteroatoms. The first-order chi connectivity index (χ1) is 16.2. The van der Waals surface area contributed by atoms with Crippen molar-refractivity contribution in [2.75, 3.05) is 39.3 Å². The number of hydrogen-bond acceptors (Lipinski definition) is 8. The summed E-state index contributed by atoms with van der Waals surface area (Å²) in [5, 5.41) is 7.03. The molecule has 2 saturated heterocycles. The van der Waals surface area contributed by atoms with Crippen LogP contribution < -0.4 is 5.32 Å². The van der Waals surface area contributed by atoms with Gasteiger partial charge >= 0.3 is 0 Å². The highest BCUT2D eigenvalue weighted by Crippen LogP contribution is 2.26. The molecule has 2 amide bonds. The molecule has 33 heavy (non-hydrogen) atoms. The van der Waals surface area contributed by atoms with Crippen molar-refractivity contribution in [3.8, 4) is 11.5 Å². The SMILES string of the molecule is O=C1CCN(C(=O)CN2CCCCCC2)CCCC(c2nc(-c3cnccn3)no2)CCN1. The normalized spacial score (nSPS) is 21.6. The van der Waals surface area contributed by atoms with Gasteiger partial charge in [-0.1, -0.05) is 18.0 Å². The van der Waals surface area contributed by atoms with Gasteiger partial charge in [-0.2, -0.15) is 4.98 Å². The predicted molar refractivity (Wildman–Crippen MR) is 121 cm³/mol. The summed E-state index contributed by atoms with van der Waals surface area (Å²) >= 11 is 0. The molecule has 0 aliphatic carbocycles. The molecule has 0 saturated carbocycles. The Hall–Kier alpha value is -2.88. The molecule has 0 spiro atoms. The lowest BCUT2D eigenvalue weighted by Gasteiger charge is -2.26. The summed E-state index contributed by atoms with van der Waals surface area (Å²) < 4.78 is 5.54. The Balaban J connectivity index is 1.39. The molecule has 178 valence electrons. The number of rotatable bonds is 4. The van der Waals surface area contributed by atoms with Gasteiger partial charge in [-0.05, 0) is 45.2 Å². The van der Waals surface area contributed by atoms with Crippen LogP contribution >= 0.6 is 0 Å². The largest absolute Gasteiger partial charge is 0.356 e. The summed E-state index contributed by atoms with van der Waals surface area (Å²) in [6, 6.07) is 0. The molecule has 1 atom stereocenters. The van der Waals surface area contributed by atoms with Crippen LogP contribution in [0.15, 0.2) is 23.1 Å². The number of nitrogens with zero attached hydrogens (tertiary/aromatic N) is 6. The van der Waals surface area contributed by atoms with Gasteiger partial charge in [0.15, 0.2) is 0 Å². The monoisotopic (exact) mass is 455 g/mol. The van der Waals surface area contributed by atoms with Crippen LogP contribution in [0.5, 0.6) is 0 Å². The van der Waals surface area contributed by atoms with Crippen molar-refractivity contribution < 1.29 is 14.1 Å². The van der Waals surface area contributed by atoms with Crippen molar-refractivity contribution in [3.05, 3.63) is 24.5 Å². The summed E-state index contributed by atoms with van der Waals surface area (Å²) in [4.78, 5) is 42.3. The molecule has 4 rings (SSSR count). The van der Waals surface area contributed by atoms with Crippen molar-refractivity contribution in [1.29, 1.82) is 0 Å². The number of carbonyl (C=O) groups is 2. The highest BCUT2D eigenvalue weighted by Gasteiger charge is 2.24. The van der Waals surface area contributed by atoms with E-state index in [2.05, 4.69) is 30.3 Å². The lowest BCUT2D eigenvalue weighted by atomic mass is 9.99. The van der Waals surface area contributed by atoms with Gasteiger partial charge in [0, 0.05) is 44.4 Å². The van der Waals surface area contributed by atoms with Crippen molar-refractivity contribution in [2.24, 2.45) is 0 Å². The standard InChI is InChI=1S/C23H33N7O3/c31-20-8-15-30(21(32)17-29-12-3-1-2-4-13-29)14-5-6-18(7-9-26-20)23-27-22(28-33-23)19-16-24-10-11-25-19/h10-11,16,18H,1-9,12-15,17H2,(H,26,31). The molecule has 2 fully saturated rings. The quantitative estimate of drug-likeness (QED) is 0.744. The predicted octanol–water partition coefficient (Wildman–Crippen LogP) is 2.00. The van der Waals surface area contributed by atoms with Crippen LogP contribution in [0.3, 0.4) is 0 Å². The molecule has 2 aliphatic heterocycles. The van der Waals surface area contributed by atoms with Gasteiger partial charge in [-0.15, -0.1) is 0 Å². The molecule has 4 heterocycles. The maximum Gasteiger partial charge on any atom is 0.236 e. The fraction of sp³-hybridized carbons (Fsp3) is 0.652. The first-order valence-corrected chi connectivity index (χ1v) is 12.1. The van der Waals surface area contributed by atoms with Gasteiger partial charge < -0.3 is 14.7 Å². The molecule has 0 bridgehead atoms. The fourth-order valence-electron chi connectivity index (χ4n) is 4.50. The average Bonchev–Trinajstić information content (AvgIpc) is 3.16. The summed E-state index contributed by atoms with van der Waals surface area (Å²) in [6.45, 7) is 4.02. The number of hydrogen-bond donors (Lipinski definition) is 1. The van der Waals surface area contributed by atoms with E-state index >= 15 is 0 Å². The maximum atomic E-state index is 13.0.